The number of amides is 1. The normalized spacial score (nSPS) is 10.3. The molecule has 1 aromatic carbocycles. The SMILES string of the molecule is COc1ccc(CCC(=O)Nc2cnccc2CO)cc1F. The molecule has 5 nitrogen and oxygen atoms in total. The van der Waals surface area contributed by atoms with Crippen molar-refractivity contribution in [3.05, 3.63) is 53.6 Å². The van der Waals surface area contributed by atoms with Gasteiger partial charge < -0.3 is 15.2 Å². The number of hydrogen-bond donors (Lipinski definition) is 2. The van der Waals surface area contributed by atoms with Crippen LogP contribution in [0, 0.1) is 5.82 Å². The van der Waals surface area contributed by atoms with E-state index < -0.39 is 5.82 Å². The molecule has 22 heavy (non-hydrogen) atoms. The zero-order valence-electron chi connectivity index (χ0n) is 12.2. The van der Waals surface area contributed by atoms with Crippen LogP contribution in [0.2, 0.25) is 0 Å². The molecule has 0 atom stereocenters. The number of nitrogens with zero attached hydrogens (tertiary/aromatic N) is 1. The van der Waals surface area contributed by atoms with E-state index in [1.165, 1.54) is 25.4 Å². The van der Waals surface area contributed by atoms with Gasteiger partial charge in [0.2, 0.25) is 5.91 Å². The number of hydrogen-bond acceptors (Lipinski definition) is 4. The zero-order chi connectivity index (χ0) is 15.9. The van der Waals surface area contributed by atoms with Crippen LogP contribution in [0.5, 0.6) is 5.75 Å². The quantitative estimate of drug-likeness (QED) is 0.859. The predicted molar refractivity (Wildman–Crippen MR) is 80.1 cm³/mol. The monoisotopic (exact) mass is 304 g/mol. The van der Waals surface area contributed by atoms with Gasteiger partial charge in [0, 0.05) is 18.2 Å². The lowest BCUT2D eigenvalue weighted by Crippen LogP contribution is -2.14. The maximum Gasteiger partial charge on any atom is 0.224 e. The molecule has 1 heterocycles. The van der Waals surface area contributed by atoms with Crippen molar-refractivity contribution in [2.45, 2.75) is 19.4 Å². The fraction of sp³-hybridized carbons (Fsp3) is 0.250. The summed E-state index contributed by atoms with van der Waals surface area (Å²) in [6.07, 6.45) is 3.63. The Labute approximate surface area is 127 Å². The molecule has 1 aromatic heterocycles. The Morgan fingerprint density at radius 2 is 2.23 bits per heavy atom. The first-order chi connectivity index (χ1) is 10.6. The molecule has 0 aliphatic carbocycles. The average Bonchev–Trinajstić information content (AvgIpc) is 2.53. The van der Waals surface area contributed by atoms with Gasteiger partial charge in [-0.05, 0) is 30.2 Å². The van der Waals surface area contributed by atoms with Crippen molar-refractivity contribution >= 4 is 11.6 Å². The molecular formula is C16H17FN2O3. The number of methoxy groups -OCH3 is 1. The summed E-state index contributed by atoms with van der Waals surface area (Å²) in [4.78, 5) is 15.8. The minimum atomic E-state index is -0.449. The van der Waals surface area contributed by atoms with Crippen molar-refractivity contribution in [1.29, 1.82) is 0 Å². The number of ether oxygens (including phenoxy) is 1. The molecule has 1 amide bonds. The first-order valence-electron chi connectivity index (χ1n) is 6.80. The predicted octanol–water partition coefficient (Wildman–Crippen LogP) is 2.29. The maximum absolute atomic E-state index is 13.6. The number of aryl methyl sites for hydroxylation is 1. The molecule has 0 aliphatic rings. The molecule has 0 spiro atoms. The summed E-state index contributed by atoms with van der Waals surface area (Å²) in [5, 5.41) is 11.9. The van der Waals surface area contributed by atoms with Gasteiger partial charge in [-0.25, -0.2) is 4.39 Å². The lowest BCUT2D eigenvalue weighted by atomic mass is 10.1. The molecule has 0 bridgehead atoms. The fourth-order valence-electron chi connectivity index (χ4n) is 2.01. The summed E-state index contributed by atoms with van der Waals surface area (Å²) in [5.74, 6) is -0.495. The number of aromatic nitrogens is 1. The van der Waals surface area contributed by atoms with Crippen LogP contribution < -0.4 is 10.1 Å². The second-order valence-electron chi connectivity index (χ2n) is 4.71. The molecule has 0 radical (unpaired) electrons. The third-order valence-corrected chi connectivity index (χ3v) is 3.21. The number of rotatable bonds is 6. The molecule has 0 unspecified atom stereocenters. The van der Waals surface area contributed by atoms with E-state index in [-0.39, 0.29) is 24.7 Å². The van der Waals surface area contributed by atoms with Gasteiger partial charge >= 0.3 is 0 Å². The molecule has 2 N–H and O–H groups in total. The lowest BCUT2D eigenvalue weighted by molar-refractivity contribution is -0.116. The maximum atomic E-state index is 13.6. The van der Waals surface area contributed by atoms with Crippen LogP contribution in [0.3, 0.4) is 0 Å². The molecular weight excluding hydrogens is 287 g/mol. The number of benzene rings is 1. The van der Waals surface area contributed by atoms with Gasteiger partial charge in [0.05, 0.1) is 25.6 Å². The average molecular weight is 304 g/mol. The molecule has 0 saturated carbocycles. The van der Waals surface area contributed by atoms with Crippen LogP contribution >= 0.6 is 0 Å². The van der Waals surface area contributed by atoms with E-state index in [0.717, 1.165) is 0 Å². The number of carbonyl (C=O) groups excluding carboxylic acids is 1. The van der Waals surface area contributed by atoms with E-state index in [4.69, 9.17) is 4.74 Å². The van der Waals surface area contributed by atoms with Gasteiger partial charge in [-0.1, -0.05) is 6.07 Å². The van der Waals surface area contributed by atoms with Crippen molar-refractivity contribution < 1.29 is 19.0 Å². The van der Waals surface area contributed by atoms with E-state index in [1.807, 2.05) is 0 Å². The third-order valence-electron chi connectivity index (χ3n) is 3.21. The standard InChI is InChI=1S/C16H17FN2O3/c1-22-15-4-2-11(8-13(15)17)3-5-16(21)19-14-9-18-7-6-12(14)10-20/h2,4,6-9,20H,3,5,10H2,1H3,(H,19,21). The first kappa shape index (κ1) is 15.9. The van der Waals surface area contributed by atoms with Gasteiger partial charge in [0.1, 0.15) is 0 Å². The smallest absolute Gasteiger partial charge is 0.224 e. The number of aliphatic hydroxyl groups excluding tert-OH is 1. The Morgan fingerprint density at radius 1 is 1.41 bits per heavy atom. The Morgan fingerprint density at radius 3 is 2.91 bits per heavy atom. The van der Waals surface area contributed by atoms with Crippen molar-refractivity contribution in [1.82, 2.24) is 4.98 Å². The number of pyridine rings is 1. The van der Waals surface area contributed by atoms with Gasteiger partial charge in [0.25, 0.3) is 0 Å². The number of anilines is 1. The van der Waals surface area contributed by atoms with Gasteiger partial charge in [0.15, 0.2) is 11.6 Å². The van der Waals surface area contributed by atoms with E-state index in [0.29, 0.717) is 23.2 Å². The van der Waals surface area contributed by atoms with Gasteiger partial charge in [-0.2, -0.15) is 0 Å². The van der Waals surface area contributed by atoms with Gasteiger partial charge in [-0.15, -0.1) is 0 Å². The minimum absolute atomic E-state index is 0.177. The van der Waals surface area contributed by atoms with Crippen LogP contribution in [-0.2, 0) is 17.8 Å². The van der Waals surface area contributed by atoms with Crippen LogP contribution in [-0.4, -0.2) is 23.1 Å². The summed E-state index contributed by atoms with van der Waals surface area (Å²) >= 11 is 0. The lowest BCUT2D eigenvalue weighted by Gasteiger charge is -2.09. The summed E-state index contributed by atoms with van der Waals surface area (Å²) in [7, 11) is 1.40. The molecule has 0 fully saturated rings. The van der Waals surface area contributed by atoms with Crippen LogP contribution in [0.15, 0.2) is 36.7 Å². The highest BCUT2D eigenvalue weighted by molar-refractivity contribution is 5.91. The van der Waals surface area contributed by atoms with E-state index >= 15 is 0 Å². The largest absolute Gasteiger partial charge is 0.494 e. The van der Waals surface area contributed by atoms with Crippen LogP contribution in [0.1, 0.15) is 17.5 Å². The molecule has 116 valence electrons. The first-order valence-corrected chi connectivity index (χ1v) is 6.80. The van der Waals surface area contributed by atoms with Crippen molar-refractivity contribution in [3.8, 4) is 5.75 Å². The van der Waals surface area contributed by atoms with Gasteiger partial charge in [-0.3, -0.25) is 9.78 Å². The van der Waals surface area contributed by atoms with Crippen LogP contribution in [0.25, 0.3) is 0 Å². The van der Waals surface area contributed by atoms with Crippen molar-refractivity contribution in [3.63, 3.8) is 0 Å². The zero-order valence-corrected chi connectivity index (χ0v) is 12.2. The number of aliphatic hydroxyl groups is 1. The van der Waals surface area contributed by atoms with Crippen molar-refractivity contribution in [2.24, 2.45) is 0 Å². The second kappa shape index (κ2) is 7.51. The topological polar surface area (TPSA) is 71.5 Å². The highest BCUT2D eigenvalue weighted by Gasteiger charge is 2.08. The summed E-state index contributed by atoms with van der Waals surface area (Å²) < 4.78 is 18.4. The summed E-state index contributed by atoms with van der Waals surface area (Å²) in [5.41, 5.74) is 1.79. The Kier molecular flexibility index (Phi) is 5.43. The molecule has 2 aromatic rings. The fourth-order valence-corrected chi connectivity index (χ4v) is 2.01. The van der Waals surface area contributed by atoms with E-state index in [9.17, 15) is 14.3 Å². The molecule has 6 heteroatoms. The second-order valence-corrected chi connectivity index (χ2v) is 4.71. The molecule has 2 rings (SSSR count). The highest BCUT2D eigenvalue weighted by atomic mass is 19.1. The number of halogens is 1. The van der Waals surface area contributed by atoms with Crippen LogP contribution in [0.4, 0.5) is 10.1 Å². The Hall–Kier alpha value is -2.47. The summed E-state index contributed by atoms with van der Waals surface area (Å²) in [6, 6.07) is 6.25. The molecule has 0 aliphatic heterocycles. The van der Waals surface area contributed by atoms with E-state index in [2.05, 4.69) is 10.3 Å². The molecule has 0 saturated heterocycles. The Balaban J connectivity index is 1.94. The van der Waals surface area contributed by atoms with E-state index in [1.54, 1.807) is 18.3 Å². The Bertz CT molecular complexity index is 662. The minimum Gasteiger partial charge on any atom is -0.494 e. The number of nitrogens with one attached hydrogen (secondary N) is 1. The highest BCUT2D eigenvalue weighted by Crippen LogP contribution is 2.19. The summed E-state index contributed by atoms with van der Waals surface area (Å²) in [6.45, 7) is -0.179. The van der Waals surface area contributed by atoms with Crippen molar-refractivity contribution in [2.75, 3.05) is 12.4 Å². The third kappa shape index (κ3) is 4.02. The number of carbonyl (C=O) groups is 1.